The first-order valence-corrected chi connectivity index (χ1v) is 9.23. The maximum Gasteiger partial charge on any atom is 0.253 e. The Balaban J connectivity index is 1.66. The third-order valence-corrected chi connectivity index (χ3v) is 5.37. The largest absolute Gasteiger partial charge is 0.349 e. The highest BCUT2D eigenvalue weighted by Crippen LogP contribution is 2.28. The third-order valence-electron chi connectivity index (χ3n) is 4.81. The van der Waals surface area contributed by atoms with Crippen molar-refractivity contribution in [2.45, 2.75) is 58.9 Å². The van der Waals surface area contributed by atoms with Crippen LogP contribution in [0.5, 0.6) is 0 Å². The maximum absolute atomic E-state index is 12.6. The van der Waals surface area contributed by atoms with E-state index in [2.05, 4.69) is 15.4 Å². The van der Waals surface area contributed by atoms with E-state index in [1.165, 1.54) is 10.9 Å². The standard InChI is InChI=1S/C19H24Cl2N4O/c1-11-17(8-15(20)9-22-11)19(26)23-16-6-4-14(5-7-16)10-25-13(3)18(21)12(2)24-25/h8-9,14,16H,4-7,10H2,1-3H3,(H,23,26)/t14-,16-/i2D3,3D3. The number of rotatable bonds is 4. The van der Waals surface area contributed by atoms with E-state index >= 15 is 0 Å². The number of aromatic nitrogens is 3. The van der Waals surface area contributed by atoms with Crippen LogP contribution in [0.25, 0.3) is 0 Å². The van der Waals surface area contributed by atoms with Crippen LogP contribution in [0.1, 0.15) is 61.3 Å². The first-order chi connectivity index (χ1) is 14.8. The number of pyridine rings is 1. The first-order valence-electron chi connectivity index (χ1n) is 11.5. The fourth-order valence-electron chi connectivity index (χ4n) is 3.31. The van der Waals surface area contributed by atoms with Crippen LogP contribution in [-0.2, 0) is 6.54 Å². The number of nitrogens with one attached hydrogen (secondary N) is 1. The van der Waals surface area contributed by atoms with Crippen LogP contribution in [0, 0.1) is 26.5 Å². The molecule has 1 aliphatic rings. The molecule has 1 fully saturated rings. The van der Waals surface area contributed by atoms with E-state index in [4.69, 9.17) is 31.4 Å². The number of carbonyl (C=O) groups is 1. The minimum absolute atomic E-state index is 0.0293. The summed E-state index contributed by atoms with van der Waals surface area (Å²) in [4.78, 5) is 16.7. The first kappa shape index (κ1) is 12.7. The molecule has 2 heterocycles. The van der Waals surface area contributed by atoms with Crippen LogP contribution >= 0.6 is 23.2 Å². The average molecular weight is 401 g/mol. The van der Waals surface area contributed by atoms with Crippen molar-refractivity contribution in [3.05, 3.63) is 45.0 Å². The van der Waals surface area contributed by atoms with Crippen LogP contribution in [0.15, 0.2) is 12.3 Å². The lowest BCUT2D eigenvalue weighted by Crippen LogP contribution is -2.38. The minimum Gasteiger partial charge on any atom is -0.349 e. The molecule has 3 rings (SSSR count). The topological polar surface area (TPSA) is 59.8 Å². The molecule has 26 heavy (non-hydrogen) atoms. The predicted octanol–water partition coefficient (Wildman–Crippen LogP) is 4.50. The molecule has 0 unspecified atom stereocenters. The summed E-state index contributed by atoms with van der Waals surface area (Å²) >= 11 is 12.1. The van der Waals surface area contributed by atoms with Gasteiger partial charge in [-0.25, -0.2) is 0 Å². The molecule has 0 bridgehead atoms. The van der Waals surface area contributed by atoms with E-state index in [9.17, 15) is 4.79 Å². The van der Waals surface area contributed by atoms with Crippen molar-refractivity contribution in [2.75, 3.05) is 0 Å². The van der Waals surface area contributed by atoms with Gasteiger partial charge >= 0.3 is 0 Å². The maximum atomic E-state index is 12.6. The molecule has 0 aliphatic heterocycles. The Morgan fingerprint density at radius 2 is 2.08 bits per heavy atom. The van der Waals surface area contributed by atoms with E-state index in [-0.39, 0.29) is 35.1 Å². The summed E-state index contributed by atoms with van der Waals surface area (Å²) in [5.74, 6) is -0.147. The lowest BCUT2D eigenvalue weighted by Gasteiger charge is -2.29. The van der Waals surface area contributed by atoms with Crippen LogP contribution in [0.4, 0.5) is 0 Å². The zero-order valence-corrected chi connectivity index (χ0v) is 15.9. The fraction of sp³-hybridized carbons (Fsp3) is 0.526. The van der Waals surface area contributed by atoms with Crippen LogP contribution in [0.2, 0.25) is 10.0 Å². The quantitative estimate of drug-likeness (QED) is 0.821. The molecular formula is C19H24Cl2N4O. The molecule has 5 nitrogen and oxygen atoms in total. The van der Waals surface area contributed by atoms with Crippen molar-refractivity contribution in [3.8, 4) is 0 Å². The second-order valence-corrected chi connectivity index (χ2v) is 7.49. The Bertz CT molecular complexity index is 997. The van der Waals surface area contributed by atoms with Crippen molar-refractivity contribution in [1.29, 1.82) is 0 Å². The van der Waals surface area contributed by atoms with Crippen molar-refractivity contribution >= 4 is 29.1 Å². The fourth-order valence-corrected chi connectivity index (χ4v) is 3.60. The van der Waals surface area contributed by atoms with Gasteiger partial charge in [0.25, 0.3) is 5.91 Å². The lowest BCUT2D eigenvalue weighted by molar-refractivity contribution is 0.0919. The van der Waals surface area contributed by atoms with Crippen molar-refractivity contribution in [2.24, 2.45) is 5.92 Å². The highest BCUT2D eigenvalue weighted by molar-refractivity contribution is 6.31. The molecular weight excluding hydrogens is 371 g/mol. The summed E-state index contributed by atoms with van der Waals surface area (Å²) in [6.45, 7) is -3.19. The van der Waals surface area contributed by atoms with Crippen molar-refractivity contribution in [3.63, 3.8) is 0 Å². The molecule has 0 saturated heterocycles. The molecule has 2 aromatic rings. The summed E-state index contributed by atoms with van der Waals surface area (Å²) in [6, 6.07) is 1.56. The van der Waals surface area contributed by atoms with Crippen molar-refractivity contribution < 1.29 is 13.0 Å². The summed E-state index contributed by atoms with van der Waals surface area (Å²) in [5, 5.41) is 7.12. The Kier molecular flexibility index (Phi) is 3.90. The highest BCUT2D eigenvalue weighted by atomic mass is 35.5. The summed E-state index contributed by atoms with van der Waals surface area (Å²) in [6.07, 6.45) is 4.34. The van der Waals surface area contributed by atoms with Crippen LogP contribution < -0.4 is 5.32 Å². The second kappa shape index (κ2) is 7.97. The smallest absolute Gasteiger partial charge is 0.253 e. The predicted molar refractivity (Wildman–Crippen MR) is 104 cm³/mol. The highest BCUT2D eigenvalue weighted by Gasteiger charge is 2.24. The number of carbonyl (C=O) groups excluding carboxylic acids is 1. The summed E-state index contributed by atoms with van der Waals surface area (Å²) < 4.78 is 47.2. The Labute approximate surface area is 172 Å². The average Bonchev–Trinajstić information content (AvgIpc) is 3.01. The van der Waals surface area contributed by atoms with Crippen LogP contribution in [0.3, 0.4) is 0 Å². The van der Waals surface area contributed by atoms with E-state index < -0.39 is 19.4 Å². The SMILES string of the molecule is [2H]C([2H])([2H])c1nn(C[C@H]2CC[C@H](NC(=O)c3cc(Cl)cnc3C)CC2)c(C([2H])([2H])[2H])c1Cl. The molecule has 0 aromatic carbocycles. The van der Waals surface area contributed by atoms with Gasteiger partial charge in [0.1, 0.15) is 0 Å². The molecule has 1 amide bonds. The molecule has 2 aromatic heterocycles. The lowest BCUT2D eigenvalue weighted by atomic mass is 9.86. The summed E-state index contributed by atoms with van der Waals surface area (Å²) in [7, 11) is 0. The van der Waals surface area contributed by atoms with Crippen molar-refractivity contribution in [1.82, 2.24) is 20.1 Å². The van der Waals surface area contributed by atoms with Gasteiger partial charge < -0.3 is 5.32 Å². The number of nitrogens with zero attached hydrogens (tertiary/aromatic N) is 3. The minimum atomic E-state index is -2.60. The molecule has 7 heteroatoms. The Morgan fingerprint density at radius 3 is 2.77 bits per heavy atom. The number of aryl methyl sites for hydroxylation is 2. The number of halogens is 2. The van der Waals surface area contributed by atoms with Gasteiger partial charge in [-0.2, -0.15) is 5.10 Å². The number of hydrogen-bond donors (Lipinski definition) is 1. The molecule has 1 aliphatic carbocycles. The molecule has 140 valence electrons. The van der Waals surface area contributed by atoms with Crippen LogP contribution in [-0.4, -0.2) is 26.7 Å². The monoisotopic (exact) mass is 400 g/mol. The molecule has 0 spiro atoms. The van der Waals surface area contributed by atoms with Gasteiger partial charge in [-0.15, -0.1) is 0 Å². The van der Waals surface area contributed by atoms with Gasteiger partial charge in [0.15, 0.2) is 0 Å². The van der Waals surface area contributed by atoms with Gasteiger partial charge in [0.2, 0.25) is 0 Å². The Morgan fingerprint density at radius 1 is 1.31 bits per heavy atom. The molecule has 0 radical (unpaired) electrons. The normalized spacial score (nSPS) is 24.6. The molecule has 1 N–H and O–H groups in total. The number of amides is 1. The third kappa shape index (κ3) is 4.21. The van der Waals surface area contributed by atoms with Gasteiger partial charge in [0.05, 0.1) is 32.7 Å². The zero-order valence-electron chi connectivity index (χ0n) is 20.4. The Hall–Kier alpha value is -1.59. The van der Waals surface area contributed by atoms with E-state index in [1.807, 2.05) is 0 Å². The summed E-state index contributed by atoms with van der Waals surface area (Å²) in [5.41, 5.74) is 0.394. The van der Waals surface area contributed by atoms with E-state index in [1.54, 1.807) is 13.0 Å². The van der Waals surface area contributed by atoms with Gasteiger partial charge in [-0.1, -0.05) is 23.2 Å². The van der Waals surface area contributed by atoms with E-state index in [0.29, 0.717) is 29.1 Å². The van der Waals surface area contributed by atoms with Gasteiger partial charge in [-0.05, 0) is 58.3 Å². The molecule has 0 atom stereocenters. The second-order valence-electron chi connectivity index (χ2n) is 6.67. The van der Waals surface area contributed by atoms with Gasteiger partial charge in [-0.3, -0.25) is 14.5 Å². The zero-order chi connectivity index (χ0) is 23.8. The number of hydrogen-bond acceptors (Lipinski definition) is 3. The molecule has 1 saturated carbocycles. The van der Waals surface area contributed by atoms with E-state index in [0.717, 1.165) is 12.8 Å². The van der Waals surface area contributed by atoms with Gasteiger partial charge in [0, 0.05) is 27.0 Å².